The minimum Gasteiger partial charge on any atom is -0.445 e. The molecular weight excluding hydrogens is 360 g/mol. The summed E-state index contributed by atoms with van der Waals surface area (Å²) in [5.41, 5.74) is 0. The number of nitrogens with one attached hydrogen (secondary N) is 1. The van der Waals surface area contributed by atoms with E-state index in [-0.39, 0.29) is 26.1 Å². The second kappa shape index (κ2) is 8.60. The number of rotatable bonds is 8. The van der Waals surface area contributed by atoms with Crippen LogP contribution in [0.4, 0.5) is 4.79 Å². The van der Waals surface area contributed by atoms with Gasteiger partial charge < -0.3 is 4.74 Å². The molecule has 9 nitrogen and oxygen atoms in total. The molecule has 1 fully saturated rings. The smallest absolute Gasteiger partial charge is 0.410 e. The zero-order valence-corrected chi connectivity index (χ0v) is 15.2. The third kappa shape index (κ3) is 7.90. The van der Waals surface area contributed by atoms with Crippen molar-refractivity contribution in [3.63, 3.8) is 0 Å². The van der Waals surface area contributed by atoms with E-state index in [1.165, 1.54) is 11.0 Å². The number of nitrogens with zero attached hydrogens (tertiary/aromatic N) is 1. The minimum atomic E-state index is -3.65. The first-order chi connectivity index (χ1) is 11.0. The molecule has 1 aliphatic heterocycles. The number of sulfonamides is 1. The van der Waals surface area contributed by atoms with Crippen LogP contribution in [0.25, 0.3) is 0 Å². The van der Waals surface area contributed by atoms with Gasteiger partial charge in [-0.2, -0.15) is 8.42 Å². The average molecular weight is 382 g/mol. The number of carbonyl (C=O) groups is 1. The highest BCUT2D eigenvalue weighted by Crippen LogP contribution is 2.23. The molecule has 1 heterocycles. The van der Waals surface area contributed by atoms with Crippen molar-refractivity contribution in [2.45, 2.75) is 18.6 Å². The van der Waals surface area contributed by atoms with Crippen LogP contribution in [0.5, 0.6) is 0 Å². The van der Waals surface area contributed by atoms with Gasteiger partial charge in [0.2, 0.25) is 10.0 Å². The number of likely N-dealkylation sites (tertiary alicyclic amines) is 1. The summed E-state index contributed by atoms with van der Waals surface area (Å²) in [7, 11) is -6.97. The van der Waals surface area contributed by atoms with Gasteiger partial charge in [-0.1, -0.05) is 24.8 Å². The Labute approximate surface area is 142 Å². The summed E-state index contributed by atoms with van der Waals surface area (Å²) >= 11 is 0. The van der Waals surface area contributed by atoms with E-state index in [9.17, 15) is 21.6 Å². The lowest BCUT2D eigenvalue weighted by Crippen LogP contribution is -2.36. The van der Waals surface area contributed by atoms with Gasteiger partial charge in [0.25, 0.3) is 10.1 Å². The fourth-order valence-corrected chi connectivity index (χ4v) is 3.21. The highest BCUT2D eigenvalue weighted by atomic mass is 32.2. The summed E-state index contributed by atoms with van der Waals surface area (Å²) in [6.45, 7) is 3.58. The minimum absolute atomic E-state index is 0.0268. The SMILES string of the molecule is C=CCOC(=O)N1C[C@H](OS(C)(=O)=O)C[C@H]1/C=C\CNS(C)(=O)=O. The summed E-state index contributed by atoms with van der Waals surface area (Å²) in [6.07, 6.45) is 5.48. The van der Waals surface area contributed by atoms with Gasteiger partial charge in [-0.15, -0.1) is 0 Å². The van der Waals surface area contributed by atoms with E-state index in [1.807, 2.05) is 0 Å². The molecule has 2 atom stereocenters. The maximum absolute atomic E-state index is 12.0. The lowest BCUT2D eigenvalue weighted by molar-refractivity contribution is 0.109. The van der Waals surface area contributed by atoms with Gasteiger partial charge in [0, 0.05) is 13.0 Å². The largest absolute Gasteiger partial charge is 0.445 e. The summed E-state index contributed by atoms with van der Waals surface area (Å²) in [5.74, 6) is 0. The monoisotopic (exact) mass is 382 g/mol. The van der Waals surface area contributed by atoms with E-state index < -0.39 is 38.4 Å². The average Bonchev–Trinajstić information content (AvgIpc) is 2.80. The maximum Gasteiger partial charge on any atom is 0.410 e. The lowest BCUT2D eigenvalue weighted by Gasteiger charge is -2.20. The maximum atomic E-state index is 12.0. The molecule has 0 aromatic carbocycles. The second-order valence-corrected chi connectivity index (χ2v) is 8.73. The third-order valence-corrected chi connectivity index (χ3v) is 4.31. The van der Waals surface area contributed by atoms with Crippen molar-refractivity contribution in [3.8, 4) is 0 Å². The molecule has 24 heavy (non-hydrogen) atoms. The van der Waals surface area contributed by atoms with Crippen molar-refractivity contribution in [2.24, 2.45) is 0 Å². The molecule has 0 spiro atoms. The molecule has 0 unspecified atom stereocenters. The van der Waals surface area contributed by atoms with E-state index >= 15 is 0 Å². The van der Waals surface area contributed by atoms with Crippen LogP contribution in [-0.2, 0) is 29.1 Å². The van der Waals surface area contributed by atoms with Crippen LogP contribution in [0.3, 0.4) is 0 Å². The van der Waals surface area contributed by atoms with Gasteiger partial charge in [-0.3, -0.25) is 9.08 Å². The Bertz CT molecular complexity index is 685. The molecule has 1 aliphatic rings. The van der Waals surface area contributed by atoms with Crippen molar-refractivity contribution in [3.05, 3.63) is 24.8 Å². The first-order valence-corrected chi connectivity index (χ1v) is 10.8. The molecule has 1 N–H and O–H groups in total. The number of hydrogen-bond acceptors (Lipinski definition) is 7. The van der Waals surface area contributed by atoms with Gasteiger partial charge in [-0.05, 0) is 0 Å². The molecule has 0 radical (unpaired) electrons. The second-order valence-electron chi connectivity index (χ2n) is 5.29. The van der Waals surface area contributed by atoms with Crippen LogP contribution in [0, 0.1) is 0 Å². The summed E-state index contributed by atoms with van der Waals surface area (Å²) in [6, 6.07) is -0.463. The van der Waals surface area contributed by atoms with Crippen LogP contribution in [0.1, 0.15) is 6.42 Å². The molecule has 1 saturated heterocycles. The standard InChI is InChI=1S/C13H22N2O7S2/c1-4-8-21-13(16)15-10-12(22-24(3,19)20)9-11(15)6-5-7-14-23(2,17)18/h4-6,11-12,14H,1,7-10H2,2-3H3/b6-5-/t11-,12-/m1/s1. The molecule has 0 saturated carbocycles. The molecule has 0 aliphatic carbocycles. The van der Waals surface area contributed by atoms with E-state index in [0.717, 1.165) is 12.5 Å². The zero-order chi connectivity index (χ0) is 18.4. The molecule has 138 valence electrons. The Balaban J connectivity index is 2.76. The Morgan fingerprint density at radius 2 is 2.00 bits per heavy atom. The van der Waals surface area contributed by atoms with Crippen molar-refractivity contribution in [2.75, 3.05) is 32.2 Å². The van der Waals surface area contributed by atoms with Gasteiger partial charge in [-0.25, -0.2) is 17.9 Å². The molecule has 0 aromatic heterocycles. The van der Waals surface area contributed by atoms with Crippen LogP contribution < -0.4 is 4.72 Å². The molecule has 1 rings (SSSR count). The molecule has 0 aromatic rings. The highest BCUT2D eigenvalue weighted by molar-refractivity contribution is 7.88. The molecular formula is C13H22N2O7S2. The van der Waals surface area contributed by atoms with Gasteiger partial charge in [0.05, 0.1) is 31.2 Å². The summed E-state index contributed by atoms with van der Waals surface area (Å²) < 4.78 is 56.7. The van der Waals surface area contributed by atoms with E-state index in [4.69, 9.17) is 8.92 Å². The van der Waals surface area contributed by atoms with Crippen molar-refractivity contribution in [1.29, 1.82) is 0 Å². The Morgan fingerprint density at radius 1 is 1.33 bits per heavy atom. The van der Waals surface area contributed by atoms with E-state index in [1.54, 1.807) is 12.2 Å². The molecule has 11 heteroatoms. The number of ether oxygens (including phenoxy) is 1. The molecule has 0 bridgehead atoms. The number of hydrogen-bond donors (Lipinski definition) is 1. The zero-order valence-electron chi connectivity index (χ0n) is 13.5. The Hall–Kier alpha value is -1.43. The first kappa shape index (κ1) is 20.6. The quantitative estimate of drug-likeness (QED) is 0.457. The third-order valence-electron chi connectivity index (χ3n) is 3.00. The van der Waals surface area contributed by atoms with Crippen molar-refractivity contribution in [1.82, 2.24) is 9.62 Å². The van der Waals surface area contributed by atoms with Gasteiger partial charge in [0.15, 0.2) is 0 Å². The van der Waals surface area contributed by atoms with E-state index in [0.29, 0.717) is 0 Å². The predicted molar refractivity (Wildman–Crippen MR) is 88.4 cm³/mol. The summed E-state index contributed by atoms with van der Waals surface area (Å²) in [4.78, 5) is 13.4. The summed E-state index contributed by atoms with van der Waals surface area (Å²) in [5, 5.41) is 0. The van der Waals surface area contributed by atoms with Crippen molar-refractivity contribution < 1.29 is 30.6 Å². The van der Waals surface area contributed by atoms with Gasteiger partial charge in [0.1, 0.15) is 6.61 Å². The number of carbonyl (C=O) groups excluding carboxylic acids is 1. The Kier molecular flexibility index (Phi) is 7.39. The lowest BCUT2D eigenvalue weighted by atomic mass is 10.2. The first-order valence-electron chi connectivity index (χ1n) is 7.05. The van der Waals surface area contributed by atoms with Crippen LogP contribution >= 0.6 is 0 Å². The predicted octanol–water partition coefficient (Wildman–Crippen LogP) is -0.166. The topological polar surface area (TPSA) is 119 Å². The Morgan fingerprint density at radius 3 is 2.54 bits per heavy atom. The fourth-order valence-electron chi connectivity index (χ4n) is 2.17. The van der Waals surface area contributed by atoms with Crippen LogP contribution in [0.2, 0.25) is 0 Å². The normalized spacial score (nSPS) is 22.0. The van der Waals surface area contributed by atoms with Crippen molar-refractivity contribution >= 4 is 26.2 Å². The van der Waals surface area contributed by atoms with E-state index in [2.05, 4.69) is 11.3 Å². The van der Waals surface area contributed by atoms with Crippen LogP contribution in [-0.4, -0.2) is 72.2 Å². The molecule has 1 amide bonds. The fraction of sp³-hybridized carbons (Fsp3) is 0.615. The number of amides is 1. The van der Waals surface area contributed by atoms with Gasteiger partial charge >= 0.3 is 6.09 Å². The highest BCUT2D eigenvalue weighted by Gasteiger charge is 2.36. The van der Waals surface area contributed by atoms with Crippen LogP contribution in [0.15, 0.2) is 24.8 Å².